The Bertz CT molecular complexity index is 1750. The van der Waals surface area contributed by atoms with Gasteiger partial charge < -0.3 is 53.3 Å². The number of hydrogen-bond acceptors (Lipinski definition) is 13. The van der Waals surface area contributed by atoms with E-state index in [2.05, 4.69) is 11.1 Å². The molecule has 1 saturated heterocycles. The molecule has 13 heteroatoms. The molecule has 0 spiro atoms. The molecule has 10 unspecified atom stereocenters. The summed E-state index contributed by atoms with van der Waals surface area (Å²) in [6.07, 6.45) is 24.8. The molecule has 1 aromatic rings. The number of aromatic nitrogens is 1. The van der Waals surface area contributed by atoms with Crippen molar-refractivity contribution >= 4 is 12.0 Å². The van der Waals surface area contributed by atoms with Crippen LogP contribution in [0.3, 0.4) is 0 Å². The fourth-order valence-electron chi connectivity index (χ4n) is 7.36. The van der Waals surface area contributed by atoms with Gasteiger partial charge in [-0.25, -0.2) is 9.78 Å². The molecule has 4 N–H and O–H groups in total. The third-order valence-corrected chi connectivity index (χ3v) is 11.1. The van der Waals surface area contributed by atoms with E-state index < -0.39 is 73.1 Å². The zero-order valence-electron chi connectivity index (χ0n) is 38.0. The third-order valence-electron chi connectivity index (χ3n) is 11.1. The quantitative estimate of drug-likeness (QED) is 0.189. The fraction of sp³-hybridized carbons (Fsp3) is 0.551. The molecule has 15 atom stereocenters. The first-order valence-corrected chi connectivity index (χ1v) is 21.4. The molecule has 0 radical (unpaired) electrons. The molecule has 0 saturated carbocycles. The van der Waals surface area contributed by atoms with Crippen LogP contribution in [0, 0.1) is 17.8 Å². The maximum absolute atomic E-state index is 13.0. The minimum absolute atomic E-state index is 0.141. The number of carbonyl (C=O) groups is 1. The van der Waals surface area contributed by atoms with Gasteiger partial charge in [0, 0.05) is 51.6 Å². The summed E-state index contributed by atoms with van der Waals surface area (Å²) in [5.41, 5.74) is 1.56. The number of oxazole rings is 1. The predicted octanol–water partition coefficient (Wildman–Crippen LogP) is 6.88. The van der Waals surface area contributed by atoms with Gasteiger partial charge in [0.15, 0.2) is 12.2 Å². The maximum Gasteiger partial charge on any atom is 0.331 e. The van der Waals surface area contributed by atoms with Crippen LogP contribution in [0.2, 0.25) is 0 Å². The zero-order valence-corrected chi connectivity index (χ0v) is 38.0. The molecule has 0 aromatic carbocycles. The van der Waals surface area contributed by atoms with E-state index in [1.54, 1.807) is 76.7 Å². The average Bonchev–Trinajstić information content (AvgIpc) is 3.71. The van der Waals surface area contributed by atoms with Crippen LogP contribution in [0.25, 0.3) is 6.08 Å². The van der Waals surface area contributed by atoms with Crippen LogP contribution in [0.15, 0.2) is 113 Å². The Balaban J connectivity index is 1.96. The molecule has 2 aliphatic heterocycles. The summed E-state index contributed by atoms with van der Waals surface area (Å²) in [5.74, 6) is -1.26. The Morgan fingerprint density at radius 2 is 1.42 bits per heavy atom. The average molecular weight is 866 g/mol. The van der Waals surface area contributed by atoms with Gasteiger partial charge in [-0.3, -0.25) is 0 Å². The van der Waals surface area contributed by atoms with E-state index in [9.17, 15) is 25.2 Å². The van der Waals surface area contributed by atoms with E-state index in [4.69, 9.17) is 32.8 Å². The number of aliphatic hydroxyl groups is 4. The standard InChI is InChI=1S/C49H71NO12/c1-31-21-15-11-14-18-26-43(54)62-45(35(5)40(53)28-34(4)51)32(2)22-16-12-13-17-24-39(52)29-42(56-8)36(6)48-50-38(30-59-48)23-19-20-25-41(33(3)27-31)61-49-47(58-10)46(57-9)44(55)37(7)60-49/h11-27,30,32-37,39-42,44-47,49,51-53,55H,28-29H2,1-10H3/b13-12-,14-11-,21-15-,22-16-,23-19-,24-17-,25-20-,26-18-,31-27-/t32?,33?,34?,35?,36?,37-,39?,40?,41?,42?,44-,45?,46+,47-,49+/m1/s1. The number of carbonyl (C=O) groups excluding carboxylic acids is 1. The molecule has 3 rings (SSSR count). The Labute approximate surface area is 368 Å². The van der Waals surface area contributed by atoms with Gasteiger partial charge in [0.05, 0.1) is 42.5 Å². The second-order valence-corrected chi connectivity index (χ2v) is 16.2. The van der Waals surface area contributed by atoms with Crippen molar-refractivity contribution in [1.29, 1.82) is 0 Å². The second kappa shape index (κ2) is 27.2. The van der Waals surface area contributed by atoms with Crippen molar-refractivity contribution in [1.82, 2.24) is 4.98 Å². The molecule has 2 bridgehead atoms. The number of fused-ring (bicyclic) bond motifs is 2. The summed E-state index contributed by atoms with van der Waals surface area (Å²) < 4.78 is 41.4. The van der Waals surface area contributed by atoms with Crippen LogP contribution in [-0.4, -0.2) is 120 Å². The van der Waals surface area contributed by atoms with E-state index in [1.165, 1.54) is 20.3 Å². The topological polar surface area (TPSA) is 179 Å². The number of cyclic esters (lactones) is 1. The molecule has 0 aliphatic carbocycles. The molecular weight excluding hydrogens is 795 g/mol. The molecule has 344 valence electrons. The van der Waals surface area contributed by atoms with Gasteiger partial charge in [-0.05, 0) is 33.3 Å². The highest BCUT2D eigenvalue weighted by Gasteiger charge is 2.46. The highest BCUT2D eigenvalue weighted by molar-refractivity contribution is 5.82. The lowest BCUT2D eigenvalue weighted by Gasteiger charge is -2.43. The number of ether oxygens (including phenoxy) is 6. The van der Waals surface area contributed by atoms with Crippen LogP contribution in [0.1, 0.15) is 78.8 Å². The molecule has 0 amide bonds. The minimum Gasteiger partial charge on any atom is -0.458 e. The van der Waals surface area contributed by atoms with Crippen molar-refractivity contribution in [3.63, 3.8) is 0 Å². The molecule has 2 aliphatic rings. The number of rotatable bonds is 9. The van der Waals surface area contributed by atoms with Crippen molar-refractivity contribution in [2.24, 2.45) is 17.8 Å². The number of esters is 1. The lowest BCUT2D eigenvalue weighted by atomic mass is 9.86. The number of hydrogen-bond donors (Lipinski definition) is 4. The van der Waals surface area contributed by atoms with Gasteiger partial charge in [0.1, 0.15) is 36.4 Å². The zero-order chi connectivity index (χ0) is 45.8. The summed E-state index contributed by atoms with van der Waals surface area (Å²) in [4.78, 5) is 17.7. The Morgan fingerprint density at radius 3 is 2.08 bits per heavy atom. The van der Waals surface area contributed by atoms with E-state index in [1.807, 2.05) is 76.3 Å². The molecule has 1 fully saturated rings. The monoisotopic (exact) mass is 865 g/mol. The van der Waals surface area contributed by atoms with Gasteiger partial charge in [-0.15, -0.1) is 0 Å². The summed E-state index contributed by atoms with van der Waals surface area (Å²) in [6, 6.07) is 0. The van der Waals surface area contributed by atoms with E-state index in [-0.39, 0.29) is 30.3 Å². The molecule has 1 aromatic heterocycles. The molecule has 3 heterocycles. The van der Waals surface area contributed by atoms with Crippen LogP contribution >= 0.6 is 0 Å². The SMILES string of the molecule is COC1CC(O)\C=C/C=C\C=C/C(C)C(C(C)C(O)CC(C)O)OC(=O)\C=C/C=C\C=C/C(C)=C\C(C)C(O[C@@H]2O[C@H](C)[C@@H](O)[C@H](OC)[C@H]2OC)/C=C\C=C/c2coc(n2)C1C. The van der Waals surface area contributed by atoms with Gasteiger partial charge in [-0.1, -0.05) is 124 Å². The predicted molar refractivity (Wildman–Crippen MR) is 240 cm³/mol. The Hall–Kier alpha value is -4.02. The van der Waals surface area contributed by atoms with Gasteiger partial charge >= 0.3 is 5.97 Å². The smallest absolute Gasteiger partial charge is 0.331 e. The fourth-order valence-corrected chi connectivity index (χ4v) is 7.36. The lowest BCUT2D eigenvalue weighted by Crippen LogP contribution is -2.59. The van der Waals surface area contributed by atoms with E-state index >= 15 is 0 Å². The summed E-state index contributed by atoms with van der Waals surface area (Å²) in [5, 5.41) is 42.3. The second-order valence-electron chi connectivity index (χ2n) is 16.2. The lowest BCUT2D eigenvalue weighted by molar-refractivity contribution is -0.310. The Kier molecular flexibility index (Phi) is 23.0. The highest BCUT2D eigenvalue weighted by atomic mass is 16.7. The van der Waals surface area contributed by atoms with Crippen LogP contribution in [-0.2, 0) is 33.2 Å². The van der Waals surface area contributed by atoms with Crippen LogP contribution in [0.4, 0.5) is 0 Å². The van der Waals surface area contributed by atoms with Crippen LogP contribution < -0.4 is 0 Å². The van der Waals surface area contributed by atoms with Crippen molar-refractivity contribution in [3.05, 3.63) is 121 Å². The van der Waals surface area contributed by atoms with E-state index in [0.717, 1.165) is 5.57 Å². The number of methoxy groups -OCH3 is 3. The van der Waals surface area contributed by atoms with Crippen molar-refractivity contribution in [2.75, 3.05) is 21.3 Å². The summed E-state index contributed by atoms with van der Waals surface area (Å²) in [7, 11) is 4.63. The minimum atomic E-state index is -0.903. The van der Waals surface area contributed by atoms with Gasteiger partial charge in [0.25, 0.3) is 0 Å². The van der Waals surface area contributed by atoms with Gasteiger partial charge in [0.2, 0.25) is 0 Å². The number of aliphatic hydroxyl groups excluding tert-OH is 4. The van der Waals surface area contributed by atoms with Crippen molar-refractivity contribution < 1.29 is 58.1 Å². The first-order valence-electron chi connectivity index (χ1n) is 21.4. The summed E-state index contributed by atoms with van der Waals surface area (Å²) >= 11 is 0. The molecule has 62 heavy (non-hydrogen) atoms. The molecule has 13 nitrogen and oxygen atoms in total. The first-order chi connectivity index (χ1) is 29.6. The Morgan fingerprint density at radius 1 is 0.790 bits per heavy atom. The molecular formula is C49H71NO12. The van der Waals surface area contributed by atoms with E-state index in [0.29, 0.717) is 18.0 Å². The summed E-state index contributed by atoms with van der Waals surface area (Å²) in [6.45, 7) is 13.0. The largest absolute Gasteiger partial charge is 0.458 e. The highest BCUT2D eigenvalue weighted by Crippen LogP contribution is 2.30. The van der Waals surface area contributed by atoms with Crippen LogP contribution in [0.5, 0.6) is 0 Å². The third kappa shape index (κ3) is 16.9. The normalized spacial score (nSPS) is 37.7. The number of nitrogens with zero attached hydrogens (tertiary/aromatic N) is 1. The number of allylic oxidation sites excluding steroid dienone is 12. The maximum atomic E-state index is 13.0. The van der Waals surface area contributed by atoms with Crippen molar-refractivity contribution in [3.8, 4) is 0 Å². The van der Waals surface area contributed by atoms with Crippen molar-refractivity contribution in [2.45, 2.75) is 135 Å². The first kappa shape index (κ1) is 52.3. The van der Waals surface area contributed by atoms with Gasteiger partial charge in [-0.2, -0.15) is 0 Å².